The molecule has 10 heteroatoms. The normalized spacial score (nSPS) is 11.4. The fourth-order valence-corrected chi connectivity index (χ4v) is 3.87. The van der Waals surface area contributed by atoms with Crippen molar-refractivity contribution in [3.05, 3.63) is 95.3 Å². The maximum Gasteiger partial charge on any atom is 0.416 e. The summed E-state index contributed by atoms with van der Waals surface area (Å²) in [6.07, 6.45) is -4.16. The monoisotopic (exact) mass is 533 g/mol. The zero-order chi connectivity index (χ0) is 28.6. The van der Waals surface area contributed by atoms with Gasteiger partial charge >= 0.3 is 6.18 Å². The molecule has 0 saturated heterocycles. The van der Waals surface area contributed by atoms with Gasteiger partial charge in [0.25, 0.3) is 0 Å². The van der Waals surface area contributed by atoms with Crippen LogP contribution in [0.5, 0.6) is 5.75 Å². The fourth-order valence-electron chi connectivity index (χ4n) is 3.87. The molecule has 4 aromatic rings. The number of nitrogens with two attached hydrogens (primary N) is 1. The van der Waals surface area contributed by atoms with Gasteiger partial charge < -0.3 is 15.8 Å². The molecule has 4 rings (SSSR count). The van der Waals surface area contributed by atoms with Crippen LogP contribution in [0.25, 0.3) is 22.4 Å². The van der Waals surface area contributed by atoms with E-state index in [1.807, 2.05) is 50.2 Å². The fraction of sp³-hybridized carbons (Fsp3) is 0.172. The molecule has 0 spiro atoms. The number of amides is 1. The minimum absolute atomic E-state index is 0.0134. The number of nitriles is 1. The molecule has 0 aliphatic rings. The molecule has 1 aromatic heterocycles. The molecule has 0 aliphatic carbocycles. The number of rotatable bonds is 6. The van der Waals surface area contributed by atoms with Gasteiger partial charge in [0.15, 0.2) is 0 Å². The van der Waals surface area contributed by atoms with E-state index in [0.29, 0.717) is 28.4 Å². The number of methoxy groups -OCH3 is 1. The third kappa shape index (κ3) is 7.32. The first-order valence-electron chi connectivity index (χ1n) is 11.7. The third-order valence-corrected chi connectivity index (χ3v) is 5.80. The standard InChI is InChI=1S/C28H23F3N4O.CH3NO/c1-17-10-11-22(14-25(17)36-3)24-15-26(35-27(16-32)34-24)33-18(2)19-6-4-7-20(12-19)21-8-5-9-23(13-21)28(29,30)31;2-1-3/h4-15,18H,1-3H3,(H,33,34,35);1H,(H2,2,3). The average Bonchev–Trinajstić information content (AvgIpc) is 2.93. The van der Waals surface area contributed by atoms with Gasteiger partial charge in [0.1, 0.15) is 17.6 Å². The maximum absolute atomic E-state index is 13.2. The number of ether oxygens (including phenoxy) is 1. The topological polar surface area (TPSA) is 114 Å². The molecule has 0 aliphatic heterocycles. The van der Waals surface area contributed by atoms with E-state index in [2.05, 4.69) is 21.0 Å². The van der Waals surface area contributed by atoms with Crippen molar-refractivity contribution in [3.63, 3.8) is 0 Å². The van der Waals surface area contributed by atoms with Crippen LogP contribution in [0.3, 0.4) is 0 Å². The molecule has 0 radical (unpaired) electrons. The smallest absolute Gasteiger partial charge is 0.416 e. The van der Waals surface area contributed by atoms with Crippen LogP contribution in [0.4, 0.5) is 19.0 Å². The van der Waals surface area contributed by atoms with E-state index in [-0.39, 0.29) is 18.3 Å². The Labute approximate surface area is 224 Å². The van der Waals surface area contributed by atoms with Crippen LogP contribution in [-0.2, 0) is 11.0 Å². The third-order valence-electron chi connectivity index (χ3n) is 5.80. The lowest BCUT2D eigenvalue weighted by Crippen LogP contribution is -2.09. The van der Waals surface area contributed by atoms with Crippen LogP contribution in [0, 0.1) is 18.3 Å². The number of benzene rings is 3. The van der Waals surface area contributed by atoms with Gasteiger partial charge in [0, 0.05) is 17.7 Å². The van der Waals surface area contributed by atoms with Crippen molar-refractivity contribution >= 4 is 12.2 Å². The van der Waals surface area contributed by atoms with E-state index in [9.17, 15) is 18.4 Å². The number of nitrogens with zero attached hydrogens (tertiary/aromatic N) is 3. The maximum atomic E-state index is 13.2. The molecule has 200 valence electrons. The quantitative estimate of drug-likeness (QED) is 0.282. The first kappa shape index (κ1) is 28.7. The molecule has 1 heterocycles. The van der Waals surface area contributed by atoms with Gasteiger partial charge in [-0.1, -0.05) is 42.5 Å². The summed E-state index contributed by atoms with van der Waals surface area (Å²) in [4.78, 5) is 17.2. The summed E-state index contributed by atoms with van der Waals surface area (Å²) in [5.41, 5.74) is 7.78. The highest BCUT2D eigenvalue weighted by molar-refractivity contribution is 5.67. The first-order valence-corrected chi connectivity index (χ1v) is 11.7. The summed E-state index contributed by atoms with van der Waals surface area (Å²) in [5.74, 6) is 1.17. The van der Waals surface area contributed by atoms with Gasteiger partial charge in [0.2, 0.25) is 12.2 Å². The number of halogens is 3. The largest absolute Gasteiger partial charge is 0.496 e. The molecule has 1 atom stereocenters. The summed E-state index contributed by atoms with van der Waals surface area (Å²) < 4.78 is 44.9. The van der Waals surface area contributed by atoms with Crippen LogP contribution < -0.4 is 15.8 Å². The predicted molar refractivity (Wildman–Crippen MR) is 143 cm³/mol. The number of carbonyl (C=O) groups is 1. The summed E-state index contributed by atoms with van der Waals surface area (Å²) in [5, 5.41) is 12.7. The van der Waals surface area contributed by atoms with Gasteiger partial charge in [-0.15, -0.1) is 0 Å². The Balaban J connectivity index is 0.00000134. The minimum atomic E-state index is -4.41. The van der Waals surface area contributed by atoms with Gasteiger partial charge in [-0.2, -0.15) is 18.4 Å². The number of hydrogen-bond donors (Lipinski definition) is 2. The molecular weight excluding hydrogens is 507 g/mol. The van der Waals surface area contributed by atoms with Crippen LogP contribution in [-0.4, -0.2) is 23.5 Å². The van der Waals surface area contributed by atoms with Crippen LogP contribution >= 0.6 is 0 Å². The summed E-state index contributed by atoms with van der Waals surface area (Å²) in [7, 11) is 1.59. The zero-order valence-corrected chi connectivity index (χ0v) is 21.5. The summed E-state index contributed by atoms with van der Waals surface area (Å²) in [6, 6.07) is 21.7. The molecule has 39 heavy (non-hydrogen) atoms. The molecule has 1 unspecified atom stereocenters. The highest BCUT2D eigenvalue weighted by Gasteiger charge is 2.30. The van der Waals surface area contributed by atoms with Crippen LogP contribution in [0.1, 0.15) is 35.5 Å². The zero-order valence-electron chi connectivity index (χ0n) is 21.5. The number of aryl methyl sites for hydroxylation is 1. The number of alkyl halides is 3. The molecule has 1 amide bonds. The number of anilines is 1. The Morgan fingerprint density at radius 3 is 2.31 bits per heavy atom. The Kier molecular flexibility index (Phi) is 9.23. The molecule has 0 bridgehead atoms. The van der Waals surface area contributed by atoms with Crippen molar-refractivity contribution in [2.75, 3.05) is 12.4 Å². The first-order chi connectivity index (χ1) is 18.6. The van der Waals surface area contributed by atoms with E-state index in [0.717, 1.165) is 28.8 Å². The van der Waals surface area contributed by atoms with Crippen molar-refractivity contribution < 1.29 is 22.7 Å². The Hall–Kier alpha value is -4.91. The van der Waals surface area contributed by atoms with Crippen LogP contribution in [0.2, 0.25) is 0 Å². The molecule has 3 N–H and O–H groups in total. The molecule has 0 saturated carbocycles. The van der Waals surface area contributed by atoms with Gasteiger partial charge in [-0.05, 0) is 60.4 Å². The van der Waals surface area contributed by atoms with Gasteiger partial charge in [0.05, 0.1) is 18.4 Å². The molecular formula is C29H26F3N5O2. The van der Waals surface area contributed by atoms with Crippen molar-refractivity contribution in [3.8, 4) is 34.2 Å². The second kappa shape index (κ2) is 12.6. The van der Waals surface area contributed by atoms with E-state index in [1.54, 1.807) is 31.4 Å². The Morgan fingerprint density at radius 2 is 1.67 bits per heavy atom. The minimum Gasteiger partial charge on any atom is -0.496 e. The van der Waals surface area contributed by atoms with E-state index in [4.69, 9.17) is 9.53 Å². The SMILES string of the molecule is COc1cc(-c2cc(NC(C)c3cccc(-c4cccc(C(F)(F)F)c4)c3)nc(C#N)n2)ccc1C.NC=O. The van der Waals surface area contributed by atoms with E-state index >= 15 is 0 Å². The lowest BCUT2D eigenvalue weighted by molar-refractivity contribution is -0.137. The molecule has 0 fully saturated rings. The second-order valence-electron chi connectivity index (χ2n) is 8.46. The van der Waals surface area contributed by atoms with Crippen molar-refractivity contribution in [2.45, 2.75) is 26.1 Å². The second-order valence-corrected chi connectivity index (χ2v) is 8.46. The number of carbonyl (C=O) groups excluding carboxylic acids is 1. The lowest BCUT2D eigenvalue weighted by Gasteiger charge is -2.17. The molecule has 7 nitrogen and oxygen atoms in total. The van der Waals surface area contributed by atoms with Gasteiger partial charge in [-0.25, -0.2) is 9.97 Å². The molecule has 3 aromatic carbocycles. The Morgan fingerprint density at radius 1 is 1.00 bits per heavy atom. The highest BCUT2D eigenvalue weighted by atomic mass is 19.4. The van der Waals surface area contributed by atoms with Crippen molar-refractivity contribution in [1.82, 2.24) is 9.97 Å². The lowest BCUT2D eigenvalue weighted by atomic mass is 9.98. The van der Waals surface area contributed by atoms with Gasteiger partial charge in [-0.3, -0.25) is 4.79 Å². The van der Waals surface area contributed by atoms with E-state index in [1.165, 1.54) is 6.07 Å². The predicted octanol–water partition coefficient (Wildman–Crippen LogP) is 6.29. The summed E-state index contributed by atoms with van der Waals surface area (Å²) in [6.45, 7) is 3.85. The van der Waals surface area contributed by atoms with E-state index < -0.39 is 11.7 Å². The van der Waals surface area contributed by atoms with Crippen LogP contribution in [0.15, 0.2) is 72.8 Å². The van der Waals surface area contributed by atoms with Crippen molar-refractivity contribution in [1.29, 1.82) is 5.26 Å². The number of primary amides is 1. The number of aromatic nitrogens is 2. The van der Waals surface area contributed by atoms with Crippen molar-refractivity contribution in [2.24, 2.45) is 5.73 Å². The average molecular weight is 534 g/mol. The Bertz CT molecular complexity index is 1500. The highest BCUT2D eigenvalue weighted by Crippen LogP contribution is 2.33. The number of nitrogens with one attached hydrogen (secondary N) is 1. The summed E-state index contributed by atoms with van der Waals surface area (Å²) >= 11 is 0. The number of hydrogen-bond acceptors (Lipinski definition) is 6.